The topological polar surface area (TPSA) is 24.7 Å². The molecule has 0 fully saturated rings. The Morgan fingerprint density at radius 3 is 1.20 bits per heavy atom. The molecule has 0 radical (unpaired) electrons. The number of para-hydroxylation sites is 2. The second-order valence-electron chi connectivity index (χ2n) is 6.97. The lowest BCUT2D eigenvalue weighted by Crippen LogP contribution is -2.10. The van der Waals surface area contributed by atoms with E-state index in [2.05, 4.69) is 12.1 Å². The van der Waals surface area contributed by atoms with Crippen LogP contribution in [-0.2, 0) is 0 Å². The molecular weight excluding hydrogens is 411 g/mol. The molecular formula is C26H16Cl2N2. The maximum absolute atomic E-state index is 6.12. The molecule has 2 nitrogen and oxygen atoms in total. The van der Waals surface area contributed by atoms with Gasteiger partial charge in [0.1, 0.15) is 0 Å². The third kappa shape index (κ3) is 3.56. The molecule has 0 aliphatic carbocycles. The molecule has 1 aliphatic rings. The van der Waals surface area contributed by atoms with Crippen molar-refractivity contribution < 1.29 is 0 Å². The number of aliphatic imine (C=N–C) groups is 2. The zero-order valence-corrected chi connectivity index (χ0v) is 17.4. The molecule has 4 aromatic carbocycles. The first kappa shape index (κ1) is 18.8. The van der Waals surface area contributed by atoms with E-state index in [1.54, 1.807) is 0 Å². The van der Waals surface area contributed by atoms with Crippen LogP contribution in [0.5, 0.6) is 0 Å². The molecule has 1 heterocycles. The summed E-state index contributed by atoms with van der Waals surface area (Å²) < 4.78 is 0. The minimum Gasteiger partial charge on any atom is -0.247 e. The molecule has 0 aromatic heterocycles. The van der Waals surface area contributed by atoms with E-state index in [4.69, 9.17) is 33.2 Å². The zero-order valence-electron chi connectivity index (χ0n) is 15.9. The maximum atomic E-state index is 6.12. The smallest absolute Gasteiger partial charge is 0.0803 e. The van der Waals surface area contributed by atoms with Crippen LogP contribution in [0, 0.1) is 0 Å². The van der Waals surface area contributed by atoms with Crippen LogP contribution in [0.4, 0.5) is 11.4 Å². The summed E-state index contributed by atoms with van der Waals surface area (Å²) in [4.78, 5) is 10.2. The van der Waals surface area contributed by atoms with E-state index >= 15 is 0 Å². The van der Waals surface area contributed by atoms with Crippen molar-refractivity contribution in [1.29, 1.82) is 0 Å². The molecule has 5 rings (SSSR count). The van der Waals surface area contributed by atoms with Crippen molar-refractivity contribution in [3.8, 4) is 0 Å². The molecule has 0 saturated carbocycles. The first-order chi connectivity index (χ1) is 14.7. The summed E-state index contributed by atoms with van der Waals surface area (Å²) in [6, 6.07) is 31.7. The van der Waals surface area contributed by atoms with Crippen LogP contribution in [0.25, 0.3) is 0 Å². The van der Waals surface area contributed by atoms with Gasteiger partial charge < -0.3 is 0 Å². The van der Waals surface area contributed by atoms with E-state index in [1.165, 1.54) is 0 Å². The van der Waals surface area contributed by atoms with Gasteiger partial charge in [0.05, 0.1) is 22.8 Å². The minimum absolute atomic E-state index is 0.696. The molecule has 1 aliphatic heterocycles. The minimum atomic E-state index is 0.696. The first-order valence-corrected chi connectivity index (χ1v) is 10.3. The SMILES string of the molecule is Clc1ccc(C2=Nc3ccccc3C(c3ccc(Cl)cc3)=Nc3ccccc32)cc1. The lowest BCUT2D eigenvalue weighted by atomic mass is 9.96. The summed E-state index contributed by atoms with van der Waals surface area (Å²) >= 11 is 12.2. The summed E-state index contributed by atoms with van der Waals surface area (Å²) in [5.74, 6) is 0. The summed E-state index contributed by atoms with van der Waals surface area (Å²) in [5.41, 5.74) is 7.40. The van der Waals surface area contributed by atoms with Gasteiger partial charge in [0.25, 0.3) is 0 Å². The Morgan fingerprint density at radius 1 is 0.433 bits per heavy atom. The molecule has 0 bridgehead atoms. The van der Waals surface area contributed by atoms with E-state index in [9.17, 15) is 0 Å². The van der Waals surface area contributed by atoms with Crippen LogP contribution >= 0.6 is 23.2 Å². The lowest BCUT2D eigenvalue weighted by Gasteiger charge is -2.18. The Bertz CT molecular complexity index is 1180. The van der Waals surface area contributed by atoms with Gasteiger partial charge in [-0.05, 0) is 36.4 Å². The van der Waals surface area contributed by atoms with Gasteiger partial charge in [0, 0.05) is 32.3 Å². The quantitative estimate of drug-likeness (QED) is 0.277. The van der Waals surface area contributed by atoms with Crippen molar-refractivity contribution in [2.75, 3.05) is 0 Å². The lowest BCUT2D eigenvalue weighted by molar-refractivity contribution is 1.39. The molecule has 30 heavy (non-hydrogen) atoms. The van der Waals surface area contributed by atoms with Crippen molar-refractivity contribution in [3.05, 3.63) is 129 Å². The fraction of sp³-hybridized carbons (Fsp3) is 0. The number of benzene rings is 4. The van der Waals surface area contributed by atoms with E-state index in [1.807, 2.05) is 84.9 Å². The summed E-state index contributed by atoms with van der Waals surface area (Å²) in [6.45, 7) is 0. The second kappa shape index (κ2) is 7.91. The molecule has 0 amide bonds. The zero-order chi connectivity index (χ0) is 20.5. The number of hydrogen-bond donors (Lipinski definition) is 0. The van der Waals surface area contributed by atoms with Crippen molar-refractivity contribution in [1.82, 2.24) is 0 Å². The third-order valence-corrected chi connectivity index (χ3v) is 5.52. The van der Waals surface area contributed by atoms with Gasteiger partial charge in [-0.2, -0.15) is 0 Å². The molecule has 4 aromatic rings. The molecule has 0 atom stereocenters. The Hall–Kier alpha value is -3.20. The highest BCUT2D eigenvalue weighted by atomic mass is 35.5. The summed E-state index contributed by atoms with van der Waals surface area (Å²) in [6.07, 6.45) is 0. The molecule has 0 unspecified atom stereocenters. The molecule has 144 valence electrons. The first-order valence-electron chi connectivity index (χ1n) is 9.57. The number of hydrogen-bond acceptors (Lipinski definition) is 2. The van der Waals surface area contributed by atoms with E-state index in [-0.39, 0.29) is 0 Å². The molecule has 0 spiro atoms. The summed E-state index contributed by atoms with van der Waals surface area (Å²) in [7, 11) is 0. The summed E-state index contributed by atoms with van der Waals surface area (Å²) in [5, 5.41) is 1.39. The van der Waals surface area contributed by atoms with Crippen molar-refractivity contribution >= 4 is 46.0 Å². The van der Waals surface area contributed by atoms with Crippen LogP contribution in [0.3, 0.4) is 0 Å². The van der Waals surface area contributed by atoms with Gasteiger partial charge in [-0.25, -0.2) is 9.98 Å². The van der Waals surface area contributed by atoms with Crippen LogP contribution < -0.4 is 0 Å². The molecule has 0 N–H and O–H groups in total. The van der Waals surface area contributed by atoms with Gasteiger partial charge >= 0.3 is 0 Å². The number of fused-ring (bicyclic) bond motifs is 2. The van der Waals surface area contributed by atoms with Crippen molar-refractivity contribution in [2.45, 2.75) is 0 Å². The number of rotatable bonds is 2. The Labute approximate surface area is 185 Å². The average molecular weight is 427 g/mol. The highest BCUT2D eigenvalue weighted by molar-refractivity contribution is 6.31. The van der Waals surface area contributed by atoms with Gasteiger partial charge in [-0.1, -0.05) is 83.9 Å². The van der Waals surface area contributed by atoms with Crippen molar-refractivity contribution in [3.63, 3.8) is 0 Å². The fourth-order valence-corrected chi connectivity index (χ4v) is 3.81. The van der Waals surface area contributed by atoms with Gasteiger partial charge in [0.2, 0.25) is 0 Å². The standard InChI is InChI=1S/C26H16Cl2N2/c27-19-13-9-17(10-14-19)25-21-5-1-3-7-23(21)29-26(18-11-15-20(28)16-12-18)22-6-2-4-8-24(22)30-25/h1-16H. The Balaban J connectivity index is 1.79. The number of nitrogens with zero attached hydrogens (tertiary/aromatic N) is 2. The van der Waals surface area contributed by atoms with Crippen LogP contribution in [0.1, 0.15) is 22.3 Å². The average Bonchev–Trinajstić information content (AvgIpc) is 2.77. The van der Waals surface area contributed by atoms with Crippen LogP contribution in [0.15, 0.2) is 107 Å². The van der Waals surface area contributed by atoms with Gasteiger partial charge in [-0.3, -0.25) is 0 Å². The van der Waals surface area contributed by atoms with E-state index in [0.717, 1.165) is 45.1 Å². The largest absolute Gasteiger partial charge is 0.247 e. The van der Waals surface area contributed by atoms with Gasteiger partial charge in [-0.15, -0.1) is 0 Å². The Kier molecular flexibility index (Phi) is 4.96. The number of halogens is 2. The van der Waals surface area contributed by atoms with Crippen molar-refractivity contribution in [2.24, 2.45) is 9.98 Å². The fourth-order valence-electron chi connectivity index (χ4n) is 3.56. The predicted octanol–water partition coefficient (Wildman–Crippen LogP) is 7.65. The highest BCUT2D eigenvalue weighted by Crippen LogP contribution is 2.33. The normalized spacial score (nSPS) is 12.7. The van der Waals surface area contributed by atoms with E-state index < -0.39 is 0 Å². The predicted molar refractivity (Wildman–Crippen MR) is 126 cm³/mol. The third-order valence-electron chi connectivity index (χ3n) is 5.02. The highest BCUT2D eigenvalue weighted by Gasteiger charge is 2.19. The maximum Gasteiger partial charge on any atom is 0.0803 e. The van der Waals surface area contributed by atoms with Gasteiger partial charge in [0.15, 0.2) is 0 Å². The molecule has 0 saturated heterocycles. The molecule has 4 heteroatoms. The van der Waals surface area contributed by atoms with Crippen LogP contribution in [-0.4, -0.2) is 11.4 Å². The van der Waals surface area contributed by atoms with Crippen LogP contribution in [0.2, 0.25) is 10.0 Å². The monoisotopic (exact) mass is 426 g/mol. The Morgan fingerprint density at radius 2 is 0.800 bits per heavy atom. The second-order valence-corrected chi connectivity index (χ2v) is 7.84. The van der Waals surface area contributed by atoms with E-state index in [0.29, 0.717) is 10.0 Å².